The quantitative estimate of drug-likeness (QED) is 0.452. The van der Waals surface area contributed by atoms with Gasteiger partial charge in [0.05, 0.1) is 11.4 Å². The summed E-state index contributed by atoms with van der Waals surface area (Å²) in [5, 5.41) is 10.2. The van der Waals surface area contributed by atoms with E-state index in [0.717, 1.165) is 11.1 Å². The average molecular weight is 477 g/mol. The van der Waals surface area contributed by atoms with Gasteiger partial charge in [-0.25, -0.2) is 19.5 Å². The molecule has 3 aromatic rings. The van der Waals surface area contributed by atoms with Crippen molar-refractivity contribution in [2.45, 2.75) is 13.0 Å². The molecule has 0 fully saturated rings. The number of nitrogens with one attached hydrogen (secondary N) is 3. The highest BCUT2D eigenvalue weighted by Gasteiger charge is 2.21. The molecule has 1 aromatic carbocycles. The fourth-order valence-corrected chi connectivity index (χ4v) is 3.76. The Morgan fingerprint density at radius 3 is 2.63 bits per heavy atom. The second-order valence-corrected chi connectivity index (χ2v) is 7.75. The smallest absolute Gasteiger partial charge is 0.287 e. The number of rotatable bonds is 4. The van der Waals surface area contributed by atoms with Crippen LogP contribution in [0.3, 0.4) is 0 Å². The minimum Gasteiger partial charge on any atom is -0.352 e. The molecular weight excluding hydrogens is 458 g/mol. The Hall–Kier alpha value is -2.28. The minimum atomic E-state index is -3.87. The second-order valence-electron chi connectivity index (χ2n) is 6.48. The van der Waals surface area contributed by atoms with E-state index in [1.807, 2.05) is 0 Å². The topological polar surface area (TPSA) is 133 Å². The molecule has 0 saturated heterocycles. The largest absolute Gasteiger partial charge is 0.352 e. The number of aromatic nitrogens is 2. The SMILES string of the molecule is Cl.Cl.NS(=O)(=O)NN1CCc2cc(F)c(Nc3ccnc4[nH]c(=O)ccc34)cc2C1. The van der Waals surface area contributed by atoms with Gasteiger partial charge in [-0.2, -0.15) is 8.42 Å². The van der Waals surface area contributed by atoms with Crippen molar-refractivity contribution < 1.29 is 12.8 Å². The zero-order valence-electron chi connectivity index (χ0n) is 15.4. The van der Waals surface area contributed by atoms with E-state index < -0.39 is 16.0 Å². The summed E-state index contributed by atoms with van der Waals surface area (Å²) in [5.74, 6) is -0.430. The first-order valence-corrected chi connectivity index (χ1v) is 9.94. The van der Waals surface area contributed by atoms with Gasteiger partial charge in [0.15, 0.2) is 0 Å². The van der Waals surface area contributed by atoms with Gasteiger partial charge in [-0.15, -0.1) is 29.6 Å². The predicted octanol–water partition coefficient (Wildman–Crippen LogP) is 1.72. The van der Waals surface area contributed by atoms with Crippen LogP contribution in [0.5, 0.6) is 0 Å². The van der Waals surface area contributed by atoms with Gasteiger partial charge in [0, 0.05) is 30.7 Å². The molecule has 9 nitrogen and oxygen atoms in total. The third-order valence-electron chi connectivity index (χ3n) is 4.46. The van der Waals surface area contributed by atoms with E-state index in [1.54, 1.807) is 18.2 Å². The van der Waals surface area contributed by atoms with Crippen LogP contribution >= 0.6 is 24.8 Å². The maximum absolute atomic E-state index is 14.6. The molecule has 30 heavy (non-hydrogen) atoms. The molecule has 1 aliphatic rings. The van der Waals surface area contributed by atoms with Crippen LogP contribution in [-0.4, -0.2) is 29.9 Å². The van der Waals surface area contributed by atoms with E-state index in [0.29, 0.717) is 29.7 Å². The minimum absolute atomic E-state index is 0. The number of nitrogens with two attached hydrogens (primary N) is 1. The number of nitrogens with zero attached hydrogens (tertiary/aromatic N) is 2. The maximum atomic E-state index is 14.6. The summed E-state index contributed by atoms with van der Waals surface area (Å²) in [4.78, 5) is 20.4. The van der Waals surface area contributed by atoms with Crippen LogP contribution in [0.25, 0.3) is 11.0 Å². The van der Waals surface area contributed by atoms with Crippen molar-refractivity contribution in [3.63, 3.8) is 0 Å². The molecular formula is C17H19Cl2FN6O3S. The monoisotopic (exact) mass is 476 g/mol. The number of H-pyrrole nitrogens is 1. The highest BCUT2D eigenvalue weighted by Crippen LogP contribution is 2.29. The molecule has 5 N–H and O–H groups in total. The van der Waals surface area contributed by atoms with Crippen LogP contribution < -0.4 is 20.8 Å². The third-order valence-corrected chi connectivity index (χ3v) is 4.97. The molecule has 0 saturated carbocycles. The van der Waals surface area contributed by atoms with Gasteiger partial charge < -0.3 is 10.3 Å². The van der Waals surface area contributed by atoms with Crippen LogP contribution in [0, 0.1) is 5.82 Å². The molecule has 0 aliphatic carbocycles. The Kier molecular flexibility index (Phi) is 7.40. The summed E-state index contributed by atoms with van der Waals surface area (Å²) in [6, 6.07) is 7.73. The van der Waals surface area contributed by atoms with Gasteiger partial charge in [0.25, 0.3) is 10.2 Å². The van der Waals surface area contributed by atoms with Crippen LogP contribution in [-0.2, 0) is 23.2 Å². The molecule has 13 heteroatoms. The third kappa shape index (κ3) is 5.25. The van der Waals surface area contributed by atoms with Gasteiger partial charge in [0.2, 0.25) is 5.56 Å². The number of fused-ring (bicyclic) bond motifs is 2. The molecule has 0 unspecified atom stereocenters. The molecule has 0 bridgehead atoms. The van der Waals surface area contributed by atoms with E-state index in [-0.39, 0.29) is 42.6 Å². The molecule has 1 aliphatic heterocycles. The van der Waals surface area contributed by atoms with E-state index in [2.05, 4.69) is 20.1 Å². The van der Waals surface area contributed by atoms with Gasteiger partial charge in [-0.1, -0.05) is 0 Å². The summed E-state index contributed by atoms with van der Waals surface area (Å²) in [6.45, 7) is 0.642. The summed E-state index contributed by atoms with van der Waals surface area (Å²) < 4.78 is 37.1. The number of hydrogen-bond donors (Lipinski definition) is 4. The lowest BCUT2D eigenvalue weighted by Gasteiger charge is -2.28. The fourth-order valence-electron chi connectivity index (χ4n) is 3.25. The number of benzene rings is 1. The summed E-state index contributed by atoms with van der Waals surface area (Å²) >= 11 is 0. The number of anilines is 2. The lowest BCUT2D eigenvalue weighted by molar-refractivity contribution is 0.221. The first kappa shape index (κ1) is 24.0. The van der Waals surface area contributed by atoms with Crippen molar-refractivity contribution in [3.8, 4) is 0 Å². The van der Waals surface area contributed by atoms with Crippen molar-refractivity contribution in [1.82, 2.24) is 19.8 Å². The Labute approximate surface area is 183 Å². The Balaban J connectivity index is 0.00000160. The van der Waals surface area contributed by atoms with E-state index in [1.165, 1.54) is 23.3 Å². The lowest BCUT2D eigenvalue weighted by Crippen LogP contribution is -2.47. The van der Waals surface area contributed by atoms with Crippen LogP contribution in [0.1, 0.15) is 11.1 Å². The molecule has 4 rings (SSSR count). The van der Waals surface area contributed by atoms with Crippen molar-refractivity contribution in [1.29, 1.82) is 0 Å². The van der Waals surface area contributed by atoms with Crippen molar-refractivity contribution in [3.05, 3.63) is 63.8 Å². The molecule has 2 aromatic heterocycles. The standard InChI is InChI=1S/C17H17FN6O3S.2ClH/c18-13-7-10-4-6-24(23-28(19,26)27)9-11(10)8-15(13)21-14-3-5-20-17-12(14)1-2-16(25)22-17;;/h1-3,5,7-8,23H,4,6,9H2,(H2,19,26,27)(H2,20,21,22,25);2*1H. The Bertz CT molecular complexity index is 1240. The number of hydrogen-bond acceptors (Lipinski definition) is 6. The number of halogens is 3. The lowest BCUT2D eigenvalue weighted by atomic mass is 9.99. The predicted molar refractivity (Wildman–Crippen MR) is 117 cm³/mol. The zero-order chi connectivity index (χ0) is 19.9. The van der Waals surface area contributed by atoms with Crippen LogP contribution in [0.15, 0.2) is 41.3 Å². The summed E-state index contributed by atoms with van der Waals surface area (Å²) in [7, 11) is -3.87. The zero-order valence-corrected chi connectivity index (χ0v) is 17.8. The maximum Gasteiger partial charge on any atom is 0.287 e. The van der Waals surface area contributed by atoms with Gasteiger partial charge >= 0.3 is 0 Å². The molecule has 3 heterocycles. The normalized spacial score (nSPS) is 13.8. The van der Waals surface area contributed by atoms with Crippen LogP contribution in [0.2, 0.25) is 0 Å². The molecule has 0 radical (unpaired) electrons. The highest BCUT2D eigenvalue weighted by molar-refractivity contribution is 7.87. The summed E-state index contributed by atoms with van der Waals surface area (Å²) in [6.07, 6.45) is 1.99. The average Bonchev–Trinajstić information content (AvgIpc) is 2.61. The fraction of sp³-hybridized carbons (Fsp3) is 0.176. The Morgan fingerprint density at radius 2 is 1.90 bits per heavy atom. The van der Waals surface area contributed by atoms with Gasteiger partial charge in [-0.05, 0) is 41.8 Å². The van der Waals surface area contributed by atoms with E-state index >= 15 is 0 Å². The van der Waals surface area contributed by atoms with Gasteiger partial charge in [-0.3, -0.25) is 4.79 Å². The first-order valence-electron chi connectivity index (χ1n) is 8.40. The molecule has 0 atom stereocenters. The molecule has 0 spiro atoms. The first-order chi connectivity index (χ1) is 13.3. The Morgan fingerprint density at radius 1 is 1.13 bits per heavy atom. The van der Waals surface area contributed by atoms with E-state index in [4.69, 9.17) is 5.14 Å². The van der Waals surface area contributed by atoms with Crippen molar-refractivity contribution in [2.75, 3.05) is 11.9 Å². The second kappa shape index (κ2) is 9.25. The van der Waals surface area contributed by atoms with Crippen molar-refractivity contribution in [2.24, 2.45) is 5.14 Å². The number of hydrazine groups is 1. The number of aromatic amines is 1. The van der Waals surface area contributed by atoms with Crippen LogP contribution in [0.4, 0.5) is 15.8 Å². The molecule has 0 amide bonds. The molecule has 162 valence electrons. The van der Waals surface area contributed by atoms with Gasteiger partial charge in [0.1, 0.15) is 11.5 Å². The van der Waals surface area contributed by atoms with Crippen molar-refractivity contribution >= 4 is 57.4 Å². The van der Waals surface area contributed by atoms with E-state index in [9.17, 15) is 17.6 Å². The highest BCUT2D eigenvalue weighted by atomic mass is 35.5. The number of pyridine rings is 2. The summed E-state index contributed by atoms with van der Waals surface area (Å²) in [5.41, 5.74) is 2.50.